The molecule has 0 saturated carbocycles. The van der Waals surface area contributed by atoms with Gasteiger partial charge >= 0.3 is 6.18 Å². The van der Waals surface area contributed by atoms with Crippen LogP contribution >= 0.6 is 22.9 Å². The van der Waals surface area contributed by atoms with Gasteiger partial charge in [-0.25, -0.2) is 4.98 Å². The number of aromatic nitrogens is 1. The number of nitrogens with one attached hydrogen (secondary N) is 1. The summed E-state index contributed by atoms with van der Waals surface area (Å²) in [4.78, 5) is 16.4. The van der Waals surface area contributed by atoms with Crippen molar-refractivity contribution in [3.8, 4) is 10.6 Å². The number of hydrogen-bond donors (Lipinski definition) is 1. The van der Waals surface area contributed by atoms with Gasteiger partial charge < -0.3 is 5.32 Å². The number of alkyl halides is 3. The first-order valence-corrected chi connectivity index (χ1v) is 9.24. The van der Waals surface area contributed by atoms with E-state index >= 15 is 0 Å². The molecule has 1 heterocycles. The van der Waals surface area contributed by atoms with Crippen LogP contribution in [0.3, 0.4) is 0 Å². The molecule has 0 atom stereocenters. The fourth-order valence-corrected chi connectivity index (χ4v) is 3.35. The highest BCUT2D eigenvalue weighted by molar-refractivity contribution is 7.13. The molecule has 0 radical (unpaired) electrons. The van der Waals surface area contributed by atoms with E-state index in [1.807, 2.05) is 5.38 Å². The minimum absolute atomic E-state index is 0.204. The number of thiazole rings is 1. The lowest BCUT2D eigenvalue weighted by molar-refractivity contribution is -0.137. The van der Waals surface area contributed by atoms with Crippen LogP contribution in [0.1, 0.15) is 21.6 Å². The van der Waals surface area contributed by atoms with Gasteiger partial charge in [0.15, 0.2) is 0 Å². The third-order valence-corrected chi connectivity index (χ3v) is 4.98. The van der Waals surface area contributed by atoms with Gasteiger partial charge in [-0.05, 0) is 36.4 Å². The average Bonchev–Trinajstić information content (AvgIpc) is 3.10. The minimum Gasteiger partial charge on any atom is -0.352 e. The number of carbonyl (C=O) groups excluding carboxylic acids is 1. The van der Waals surface area contributed by atoms with E-state index in [0.717, 1.165) is 17.8 Å². The molecule has 1 amide bonds. The van der Waals surface area contributed by atoms with Crippen molar-refractivity contribution in [2.24, 2.45) is 0 Å². The summed E-state index contributed by atoms with van der Waals surface area (Å²) in [6.45, 7) is 0.400. The quantitative estimate of drug-likeness (QED) is 0.607. The Hall–Kier alpha value is -2.38. The van der Waals surface area contributed by atoms with Gasteiger partial charge in [-0.3, -0.25) is 4.79 Å². The van der Waals surface area contributed by atoms with E-state index in [9.17, 15) is 18.0 Å². The van der Waals surface area contributed by atoms with Crippen molar-refractivity contribution in [3.63, 3.8) is 0 Å². The van der Waals surface area contributed by atoms with Crippen molar-refractivity contribution in [2.75, 3.05) is 6.54 Å². The summed E-state index contributed by atoms with van der Waals surface area (Å²) in [5.41, 5.74) is 1.23. The number of benzene rings is 2. The van der Waals surface area contributed by atoms with Gasteiger partial charge in [-0.2, -0.15) is 13.2 Å². The van der Waals surface area contributed by atoms with Crippen molar-refractivity contribution in [2.45, 2.75) is 12.6 Å². The fourth-order valence-electron chi connectivity index (χ4n) is 2.36. The van der Waals surface area contributed by atoms with Crippen LogP contribution in [0, 0.1) is 0 Å². The van der Waals surface area contributed by atoms with Crippen LogP contribution in [0.25, 0.3) is 10.6 Å². The monoisotopic (exact) mass is 410 g/mol. The Bertz CT molecular complexity index is 921. The number of carbonyl (C=O) groups is 1. The molecule has 0 unspecified atom stereocenters. The van der Waals surface area contributed by atoms with Crippen molar-refractivity contribution < 1.29 is 18.0 Å². The van der Waals surface area contributed by atoms with Gasteiger partial charge in [0.2, 0.25) is 0 Å². The fraction of sp³-hybridized carbons (Fsp3) is 0.158. The molecule has 3 aromatic rings. The topological polar surface area (TPSA) is 42.0 Å². The van der Waals surface area contributed by atoms with Gasteiger partial charge in [-0.15, -0.1) is 11.3 Å². The van der Waals surface area contributed by atoms with Crippen molar-refractivity contribution in [1.82, 2.24) is 10.3 Å². The maximum absolute atomic E-state index is 12.6. The molecule has 0 aliphatic carbocycles. The third-order valence-electron chi connectivity index (χ3n) is 3.78. The molecule has 0 aliphatic rings. The van der Waals surface area contributed by atoms with E-state index < -0.39 is 11.7 Å². The van der Waals surface area contributed by atoms with Crippen LogP contribution in [0.15, 0.2) is 53.9 Å². The summed E-state index contributed by atoms with van der Waals surface area (Å²) in [7, 11) is 0. The molecule has 140 valence electrons. The molecule has 27 heavy (non-hydrogen) atoms. The Balaban J connectivity index is 1.56. The molecule has 0 bridgehead atoms. The number of rotatable bonds is 5. The Morgan fingerprint density at radius 2 is 1.74 bits per heavy atom. The summed E-state index contributed by atoms with van der Waals surface area (Å²) in [6, 6.07) is 11.5. The maximum atomic E-state index is 12.6. The normalized spacial score (nSPS) is 11.4. The molecule has 0 saturated heterocycles. The van der Waals surface area contributed by atoms with Crippen LogP contribution in [0.2, 0.25) is 5.02 Å². The van der Waals surface area contributed by atoms with Crippen LogP contribution in [0.5, 0.6) is 0 Å². The summed E-state index contributed by atoms with van der Waals surface area (Å²) in [5.74, 6) is -0.204. The van der Waals surface area contributed by atoms with Gasteiger partial charge in [-0.1, -0.05) is 23.7 Å². The van der Waals surface area contributed by atoms with E-state index in [2.05, 4.69) is 10.3 Å². The summed E-state index contributed by atoms with van der Waals surface area (Å²) < 4.78 is 37.9. The first-order valence-electron chi connectivity index (χ1n) is 7.99. The second kappa shape index (κ2) is 8.10. The second-order valence-electron chi connectivity index (χ2n) is 5.73. The molecule has 1 N–H and O–H groups in total. The molecular formula is C19H14ClF3N2OS. The van der Waals surface area contributed by atoms with Gasteiger partial charge in [0.05, 0.1) is 11.3 Å². The van der Waals surface area contributed by atoms with Crippen LogP contribution in [-0.2, 0) is 12.6 Å². The zero-order chi connectivity index (χ0) is 19.4. The third kappa shape index (κ3) is 5.08. The Morgan fingerprint density at radius 3 is 2.37 bits per heavy atom. The first kappa shape index (κ1) is 19.4. The van der Waals surface area contributed by atoms with E-state index in [4.69, 9.17) is 11.6 Å². The lowest BCUT2D eigenvalue weighted by Crippen LogP contribution is -2.25. The summed E-state index contributed by atoms with van der Waals surface area (Å²) >= 11 is 7.14. The average molecular weight is 411 g/mol. The van der Waals surface area contributed by atoms with Gasteiger partial charge in [0.1, 0.15) is 5.01 Å². The Morgan fingerprint density at radius 1 is 1.07 bits per heavy atom. The molecular weight excluding hydrogens is 397 g/mol. The Kier molecular flexibility index (Phi) is 5.82. The molecule has 0 spiro atoms. The van der Waals surface area contributed by atoms with Crippen molar-refractivity contribution in [1.29, 1.82) is 0 Å². The maximum Gasteiger partial charge on any atom is 0.416 e. The molecule has 3 nitrogen and oxygen atoms in total. The highest BCUT2D eigenvalue weighted by Gasteiger charge is 2.30. The van der Waals surface area contributed by atoms with Gasteiger partial charge in [0, 0.05) is 34.5 Å². The zero-order valence-electron chi connectivity index (χ0n) is 13.9. The minimum atomic E-state index is -4.35. The number of amides is 1. The number of halogens is 4. The number of hydrogen-bond acceptors (Lipinski definition) is 3. The van der Waals surface area contributed by atoms with Gasteiger partial charge in [0.25, 0.3) is 5.91 Å². The lowest BCUT2D eigenvalue weighted by atomic mass is 10.1. The smallest absolute Gasteiger partial charge is 0.352 e. The summed E-state index contributed by atoms with van der Waals surface area (Å²) in [6.07, 6.45) is -3.83. The first-order chi connectivity index (χ1) is 12.8. The molecule has 0 aliphatic heterocycles. The highest BCUT2D eigenvalue weighted by Crippen LogP contribution is 2.31. The second-order valence-corrected chi connectivity index (χ2v) is 7.03. The standard InChI is InChI=1S/C19H14ClF3N2OS/c20-15-7-3-12(4-8-15)17(26)24-10-9-16-11-27-18(25-16)13-1-5-14(6-2-13)19(21,22)23/h1-8,11H,9-10H2,(H,24,26). The van der Waals surface area contributed by atoms with E-state index in [-0.39, 0.29) is 5.91 Å². The highest BCUT2D eigenvalue weighted by atomic mass is 35.5. The molecule has 1 aromatic heterocycles. The largest absolute Gasteiger partial charge is 0.416 e. The molecule has 0 fully saturated rings. The lowest BCUT2D eigenvalue weighted by Gasteiger charge is -2.06. The predicted octanol–water partition coefficient (Wildman–Crippen LogP) is 5.45. The van der Waals surface area contributed by atoms with Crippen LogP contribution in [-0.4, -0.2) is 17.4 Å². The molecule has 8 heteroatoms. The molecule has 2 aromatic carbocycles. The summed E-state index contributed by atoms with van der Waals surface area (Å²) in [5, 5.41) is 5.83. The van der Waals surface area contributed by atoms with Crippen LogP contribution < -0.4 is 5.32 Å². The zero-order valence-corrected chi connectivity index (χ0v) is 15.5. The van der Waals surface area contributed by atoms with Crippen molar-refractivity contribution >= 4 is 28.8 Å². The molecule has 3 rings (SSSR count). The van der Waals surface area contributed by atoms with E-state index in [1.165, 1.54) is 23.5 Å². The van der Waals surface area contributed by atoms with Crippen LogP contribution in [0.4, 0.5) is 13.2 Å². The van der Waals surface area contributed by atoms with E-state index in [0.29, 0.717) is 34.1 Å². The van der Waals surface area contributed by atoms with Crippen molar-refractivity contribution in [3.05, 3.63) is 75.8 Å². The SMILES string of the molecule is O=C(NCCc1csc(-c2ccc(C(F)(F)F)cc2)n1)c1ccc(Cl)cc1. The van der Waals surface area contributed by atoms with E-state index in [1.54, 1.807) is 24.3 Å². The predicted molar refractivity (Wildman–Crippen MR) is 100 cm³/mol. The number of nitrogens with zero attached hydrogens (tertiary/aromatic N) is 1. The Labute approximate surface area is 162 Å².